The van der Waals surface area contributed by atoms with Crippen LogP contribution in [0.2, 0.25) is 0 Å². The summed E-state index contributed by atoms with van der Waals surface area (Å²) in [5.41, 5.74) is 0.831. The van der Waals surface area contributed by atoms with E-state index in [1.165, 1.54) is 12.0 Å². The van der Waals surface area contributed by atoms with Gasteiger partial charge in [-0.2, -0.15) is 0 Å². The Morgan fingerprint density at radius 1 is 1.17 bits per heavy atom. The fourth-order valence-corrected chi connectivity index (χ4v) is 2.58. The van der Waals surface area contributed by atoms with E-state index in [1.807, 2.05) is 30.3 Å². The second-order valence-corrected chi connectivity index (χ2v) is 5.44. The van der Waals surface area contributed by atoms with Gasteiger partial charge in [-0.3, -0.25) is 9.59 Å². The van der Waals surface area contributed by atoms with Gasteiger partial charge in [0.15, 0.2) is 0 Å². The van der Waals surface area contributed by atoms with Gasteiger partial charge < -0.3 is 19.5 Å². The van der Waals surface area contributed by atoms with Gasteiger partial charge in [0.1, 0.15) is 6.61 Å². The first-order valence-corrected chi connectivity index (χ1v) is 7.27. The number of aliphatic carboxylic acids is 1. The molecule has 2 rings (SSSR count). The molecular weight excluding hydrogens is 302 g/mol. The number of methoxy groups -OCH3 is 1. The van der Waals surface area contributed by atoms with Crippen LogP contribution in [0.3, 0.4) is 0 Å². The number of hydrogen-bond acceptors (Lipinski definition) is 5. The van der Waals surface area contributed by atoms with E-state index in [0.717, 1.165) is 5.56 Å². The fourth-order valence-electron chi connectivity index (χ4n) is 2.58. The van der Waals surface area contributed by atoms with Gasteiger partial charge in [-0.05, 0) is 12.0 Å². The van der Waals surface area contributed by atoms with Crippen LogP contribution in [0.15, 0.2) is 30.3 Å². The summed E-state index contributed by atoms with van der Waals surface area (Å²) in [6, 6.07) is 9.16. The van der Waals surface area contributed by atoms with Crippen LogP contribution in [0, 0.1) is 11.8 Å². The molecule has 1 aliphatic rings. The maximum atomic E-state index is 12.2. The summed E-state index contributed by atoms with van der Waals surface area (Å²) in [5, 5.41) is 9.19. The first-order chi connectivity index (χ1) is 11.0. The minimum Gasteiger partial charge on any atom is -0.481 e. The van der Waals surface area contributed by atoms with Crippen molar-refractivity contribution in [2.75, 3.05) is 20.2 Å². The van der Waals surface area contributed by atoms with E-state index in [4.69, 9.17) is 4.74 Å². The summed E-state index contributed by atoms with van der Waals surface area (Å²) < 4.78 is 9.86. The standard InChI is InChI=1S/C16H19NO6/c1-22-15(20)13-7-12(14(18)19)8-17(9-13)16(21)23-10-11-5-3-2-4-6-11/h2-6,12-13H,7-10H2,1H3,(H,18,19)/t12-,13-/m0/s1. The summed E-state index contributed by atoms with van der Waals surface area (Å²) in [5.74, 6) is -3.02. The van der Waals surface area contributed by atoms with E-state index in [-0.39, 0.29) is 26.1 Å². The Bertz CT molecular complexity index is 573. The van der Waals surface area contributed by atoms with Gasteiger partial charge in [-0.15, -0.1) is 0 Å². The van der Waals surface area contributed by atoms with Crippen molar-refractivity contribution in [3.63, 3.8) is 0 Å². The minimum absolute atomic E-state index is 0.0243. The number of piperidine rings is 1. The average Bonchev–Trinajstić information content (AvgIpc) is 2.59. The molecule has 0 radical (unpaired) electrons. The lowest BCUT2D eigenvalue weighted by Crippen LogP contribution is -2.48. The molecule has 1 aromatic rings. The Morgan fingerprint density at radius 2 is 1.83 bits per heavy atom. The summed E-state index contributed by atoms with van der Waals surface area (Å²) in [4.78, 5) is 36.3. The molecule has 7 nitrogen and oxygen atoms in total. The molecule has 7 heteroatoms. The summed E-state index contributed by atoms with van der Waals surface area (Å²) in [7, 11) is 1.24. The van der Waals surface area contributed by atoms with Crippen molar-refractivity contribution in [3.05, 3.63) is 35.9 Å². The number of nitrogens with zero attached hydrogens (tertiary/aromatic N) is 1. The number of hydrogen-bond donors (Lipinski definition) is 1. The highest BCUT2D eigenvalue weighted by Gasteiger charge is 2.38. The Labute approximate surface area is 133 Å². The monoisotopic (exact) mass is 321 g/mol. The average molecular weight is 321 g/mol. The number of carboxylic acids is 1. The van der Waals surface area contributed by atoms with Crippen LogP contribution < -0.4 is 0 Å². The maximum Gasteiger partial charge on any atom is 0.410 e. The van der Waals surface area contributed by atoms with Crippen molar-refractivity contribution in [2.24, 2.45) is 11.8 Å². The molecule has 1 saturated heterocycles. The summed E-state index contributed by atoms with van der Waals surface area (Å²) >= 11 is 0. The Balaban J connectivity index is 1.99. The van der Waals surface area contributed by atoms with Gasteiger partial charge in [0, 0.05) is 13.1 Å². The normalized spacial score (nSPS) is 20.7. The van der Waals surface area contributed by atoms with Gasteiger partial charge >= 0.3 is 18.0 Å². The first-order valence-electron chi connectivity index (χ1n) is 7.27. The number of carboxylic acid groups (broad SMARTS) is 1. The zero-order chi connectivity index (χ0) is 16.8. The van der Waals surface area contributed by atoms with Gasteiger partial charge in [-0.25, -0.2) is 4.79 Å². The molecule has 0 aromatic heterocycles. The van der Waals surface area contributed by atoms with Crippen molar-refractivity contribution in [1.29, 1.82) is 0 Å². The predicted octanol–water partition coefficient (Wildman–Crippen LogP) is 1.52. The number of amides is 1. The van der Waals surface area contributed by atoms with Crippen molar-refractivity contribution in [1.82, 2.24) is 4.90 Å². The number of carbonyl (C=O) groups excluding carboxylic acids is 2. The van der Waals surface area contributed by atoms with Gasteiger partial charge in [0.05, 0.1) is 18.9 Å². The van der Waals surface area contributed by atoms with Crippen molar-refractivity contribution in [2.45, 2.75) is 13.0 Å². The topological polar surface area (TPSA) is 93.1 Å². The molecule has 1 N–H and O–H groups in total. The van der Waals surface area contributed by atoms with E-state index in [1.54, 1.807) is 0 Å². The molecule has 0 spiro atoms. The second-order valence-electron chi connectivity index (χ2n) is 5.44. The van der Waals surface area contributed by atoms with Crippen molar-refractivity contribution in [3.8, 4) is 0 Å². The molecule has 0 bridgehead atoms. The number of benzene rings is 1. The molecule has 0 aliphatic carbocycles. The highest BCUT2D eigenvalue weighted by Crippen LogP contribution is 2.24. The number of rotatable bonds is 4. The van der Waals surface area contributed by atoms with Crippen molar-refractivity contribution < 1.29 is 29.0 Å². The Hall–Kier alpha value is -2.57. The predicted molar refractivity (Wildman–Crippen MR) is 79.4 cm³/mol. The van der Waals surface area contributed by atoms with Crippen LogP contribution in [0.25, 0.3) is 0 Å². The number of ether oxygens (including phenoxy) is 2. The number of esters is 1. The first kappa shape index (κ1) is 16.8. The minimum atomic E-state index is -1.04. The third-order valence-electron chi connectivity index (χ3n) is 3.80. The Kier molecular flexibility index (Phi) is 5.56. The van der Waals surface area contributed by atoms with E-state index in [2.05, 4.69) is 4.74 Å². The second kappa shape index (κ2) is 7.62. The van der Waals surface area contributed by atoms with Gasteiger partial charge in [0.25, 0.3) is 0 Å². The van der Waals surface area contributed by atoms with Crippen LogP contribution in [-0.2, 0) is 25.7 Å². The molecule has 23 heavy (non-hydrogen) atoms. The molecule has 1 fully saturated rings. The zero-order valence-corrected chi connectivity index (χ0v) is 12.8. The molecule has 2 atom stereocenters. The SMILES string of the molecule is COC(=O)[C@H]1C[C@H](C(=O)O)CN(C(=O)OCc2ccccc2)C1. The molecule has 1 amide bonds. The van der Waals surface area contributed by atoms with Crippen LogP contribution in [0.5, 0.6) is 0 Å². The van der Waals surface area contributed by atoms with Gasteiger partial charge in [-0.1, -0.05) is 30.3 Å². The maximum absolute atomic E-state index is 12.2. The van der Waals surface area contributed by atoms with E-state index >= 15 is 0 Å². The lowest BCUT2D eigenvalue weighted by molar-refractivity contribution is -0.151. The van der Waals surface area contributed by atoms with Crippen LogP contribution in [0.4, 0.5) is 4.79 Å². The van der Waals surface area contributed by atoms with Crippen LogP contribution in [0.1, 0.15) is 12.0 Å². The van der Waals surface area contributed by atoms with E-state index < -0.39 is 29.9 Å². The van der Waals surface area contributed by atoms with Crippen LogP contribution >= 0.6 is 0 Å². The Morgan fingerprint density at radius 3 is 2.43 bits per heavy atom. The summed E-state index contributed by atoms with van der Waals surface area (Å²) in [6.45, 7) is 0.220. The molecule has 1 aliphatic heterocycles. The lowest BCUT2D eigenvalue weighted by atomic mass is 9.89. The van der Waals surface area contributed by atoms with Crippen LogP contribution in [-0.4, -0.2) is 48.2 Å². The molecular formula is C16H19NO6. The highest BCUT2D eigenvalue weighted by atomic mass is 16.6. The fraction of sp³-hybridized carbons (Fsp3) is 0.438. The molecule has 124 valence electrons. The number of carbonyl (C=O) groups is 3. The molecule has 1 heterocycles. The number of likely N-dealkylation sites (tertiary alicyclic amines) is 1. The molecule has 1 aromatic carbocycles. The summed E-state index contributed by atoms with van der Waals surface area (Å²) in [6.07, 6.45) is -0.474. The van der Waals surface area contributed by atoms with Gasteiger partial charge in [0.2, 0.25) is 0 Å². The van der Waals surface area contributed by atoms with E-state index in [0.29, 0.717) is 0 Å². The van der Waals surface area contributed by atoms with Crippen molar-refractivity contribution >= 4 is 18.0 Å². The lowest BCUT2D eigenvalue weighted by Gasteiger charge is -2.34. The smallest absolute Gasteiger partial charge is 0.410 e. The zero-order valence-electron chi connectivity index (χ0n) is 12.8. The quantitative estimate of drug-likeness (QED) is 0.845. The third kappa shape index (κ3) is 4.45. The third-order valence-corrected chi connectivity index (χ3v) is 3.80. The molecule has 0 saturated carbocycles. The van der Waals surface area contributed by atoms with E-state index in [9.17, 15) is 19.5 Å². The largest absolute Gasteiger partial charge is 0.481 e. The molecule has 0 unspecified atom stereocenters. The highest BCUT2D eigenvalue weighted by molar-refractivity contribution is 5.78.